The van der Waals surface area contributed by atoms with Gasteiger partial charge in [-0.15, -0.1) is 0 Å². The number of benzene rings is 2. The minimum absolute atomic E-state index is 0.489. The van der Waals surface area contributed by atoms with Gasteiger partial charge >= 0.3 is 0 Å². The molecule has 0 atom stereocenters. The number of aromatic nitrogens is 3. The summed E-state index contributed by atoms with van der Waals surface area (Å²) < 4.78 is 11.1. The van der Waals surface area contributed by atoms with E-state index in [9.17, 15) is 0 Å². The van der Waals surface area contributed by atoms with Crippen molar-refractivity contribution in [3.8, 4) is 28.6 Å². The highest BCUT2D eigenvalue weighted by atomic mass is 35.5. The summed E-state index contributed by atoms with van der Waals surface area (Å²) in [7, 11) is 1.65. The average molecular weight is 352 g/mol. The first-order valence-corrected chi connectivity index (χ1v) is 8.02. The second-order valence-corrected chi connectivity index (χ2v) is 5.85. The van der Waals surface area contributed by atoms with Crippen molar-refractivity contribution < 1.29 is 9.47 Å². The van der Waals surface area contributed by atoms with Gasteiger partial charge in [-0.25, -0.2) is 9.97 Å². The summed E-state index contributed by atoms with van der Waals surface area (Å²) in [6.07, 6.45) is 1.47. The molecule has 25 heavy (non-hydrogen) atoms. The van der Waals surface area contributed by atoms with Crippen LogP contribution >= 0.6 is 11.6 Å². The molecule has 0 amide bonds. The highest BCUT2D eigenvalue weighted by molar-refractivity contribution is 6.30. The van der Waals surface area contributed by atoms with E-state index < -0.39 is 0 Å². The normalized spacial score (nSPS) is 10.8. The molecule has 0 unspecified atom stereocenters. The van der Waals surface area contributed by atoms with Gasteiger partial charge in [-0.3, -0.25) is 0 Å². The number of methoxy groups -OCH3 is 1. The van der Waals surface area contributed by atoms with Crippen LogP contribution in [0.1, 0.15) is 0 Å². The Morgan fingerprint density at radius 3 is 2.36 bits per heavy atom. The van der Waals surface area contributed by atoms with Crippen LogP contribution in [-0.4, -0.2) is 22.1 Å². The molecule has 0 aliphatic carbocycles. The van der Waals surface area contributed by atoms with Gasteiger partial charge in [0.15, 0.2) is 0 Å². The van der Waals surface area contributed by atoms with Crippen LogP contribution in [0.4, 0.5) is 0 Å². The molecule has 6 heteroatoms. The smallest absolute Gasteiger partial charge is 0.231 e. The third kappa shape index (κ3) is 3.14. The Kier molecular flexibility index (Phi) is 3.99. The van der Waals surface area contributed by atoms with Crippen LogP contribution in [0.25, 0.3) is 22.3 Å². The van der Waals surface area contributed by atoms with E-state index in [0.29, 0.717) is 22.3 Å². The van der Waals surface area contributed by atoms with Gasteiger partial charge in [0.2, 0.25) is 5.88 Å². The average Bonchev–Trinajstić information content (AvgIpc) is 3.09. The quantitative estimate of drug-likeness (QED) is 0.557. The molecule has 0 spiro atoms. The second-order valence-electron chi connectivity index (χ2n) is 5.41. The fourth-order valence-corrected chi connectivity index (χ4v) is 2.66. The largest absolute Gasteiger partial charge is 0.497 e. The van der Waals surface area contributed by atoms with Crippen molar-refractivity contribution in [3.05, 3.63) is 65.9 Å². The van der Waals surface area contributed by atoms with E-state index in [4.69, 9.17) is 21.1 Å². The standard InChI is InChI=1S/C19H14ClN3O2/c1-24-14-6-2-12(3-7-14)17-10-16-18(23-17)21-11-22-19(16)25-15-8-4-13(20)5-9-15/h2-11H,1H3,(H,21,22,23). The SMILES string of the molecule is COc1ccc(-c2cc3c(Oc4ccc(Cl)cc4)ncnc3[nH]2)cc1. The summed E-state index contributed by atoms with van der Waals surface area (Å²) in [6.45, 7) is 0. The molecular formula is C19H14ClN3O2. The van der Waals surface area contributed by atoms with Gasteiger partial charge < -0.3 is 14.5 Å². The van der Waals surface area contributed by atoms with Gasteiger partial charge in [0.1, 0.15) is 23.5 Å². The van der Waals surface area contributed by atoms with E-state index in [-0.39, 0.29) is 0 Å². The summed E-state index contributed by atoms with van der Waals surface area (Å²) in [4.78, 5) is 11.8. The van der Waals surface area contributed by atoms with Gasteiger partial charge in [0.05, 0.1) is 12.5 Å². The van der Waals surface area contributed by atoms with Crippen LogP contribution in [0.2, 0.25) is 5.02 Å². The first-order valence-electron chi connectivity index (χ1n) is 7.64. The number of fused-ring (bicyclic) bond motifs is 1. The van der Waals surface area contributed by atoms with E-state index >= 15 is 0 Å². The number of ether oxygens (including phenoxy) is 2. The molecule has 4 rings (SSSR count). The number of nitrogens with one attached hydrogen (secondary N) is 1. The van der Waals surface area contributed by atoms with Gasteiger partial charge in [0.25, 0.3) is 0 Å². The molecule has 0 radical (unpaired) electrons. The van der Waals surface area contributed by atoms with Crippen molar-refractivity contribution in [3.63, 3.8) is 0 Å². The number of hydrogen-bond donors (Lipinski definition) is 1. The monoisotopic (exact) mass is 351 g/mol. The van der Waals surface area contributed by atoms with Crippen LogP contribution in [0, 0.1) is 0 Å². The van der Waals surface area contributed by atoms with Crippen molar-refractivity contribution in [2.75, 3.05) is 7.11 Å². The Morgan fingerprint density at radius 1 is 0.920 bits per heavy atom. The topological polar surface area (TPSA) is 60.0 Å². The molecule has 0 aliphatic rings. The number of halogens is 1. The zero-order valence-corrected chi connectivity index (χ0v) is 14.1. The molecule has 4 aromatic rings. The molecule has 2 aromatic carbocycles. The third-order valence-electron chi connectivity index (χ3n) is 3.82. The van der Waals surface area contributed by atoms with Crippen molar-refractivity contribution in [1.29, 1.82) is 0 Å². The summed E-state index contributed by atoms with van der Waals surface area (Å²) >= 11 is 5.91. The molecule has 0 saturated carbocycles. The van der Waals surface area contributed by atoms with Gasteiger partial charge in [-0.2, -0.15) is 0 Å². The predicted octanol–water partition coefficient (Wildman–Crippen LogP) is 5.08. The number of aromatic amines is 1. The number of nitrogens with zero attached hydrogens (tertiary/aromatic N) is 2. The van der Waals surface area contributed by atoms with Gasteiger partial charge in [-0.05, 0) is 60.2 Å². The molecule has 0 saturated heterocycles. The maximum absolute atomic E-state index is 5.91. The Balaban J connectivity index is 1.71. The van der Waals surface area contributed by atoms with Crippen molar-refractivity contribution in [2.45, 2.75) is 0 Å². The molecule has 5 nitrogen and oxygen atoms in total. The zero-order valence-electron chi connectivity index (χ0n) is 13.4. The Hall–Kier alpha value is -3.05. The Labute approximate surface area is 149 Å². The van der Waals surface area contributed by atoms with Gasteiger partial charge in [0, 0.05) is 10.7 Å². The van der Waals surface area contributed by atoms with E-state index in [2.05, 4.69) is 15.0 Å². The van der Waals surface area contributed by atoms with Crippen LogP contribution in [-0.2, 0) is 0 Å². The van der Waals surface area contributed by atoms with Crippen LogP contribution in [0.15, 0.2) is 60.9 Å². The van der Waals surface area contributed by atoms with Crippen LogP contribution in [0.3, 0.4) is 0 Å². The predicted molar refractivity (Wildman–Crippen MR) is 97.4 cm³/mol. The summed E-state index contributed by atoms with van der Waals surface area (Å²) in [5, 5.41) is 1.46. The summed E-state index contributed by atoms with van der Waals surface area (Å²) in [5.41, 5.74) is 2.67. The van der Waals surface area contributed by atoms with Crippen molar-refractivity contribution in [2.24, 2.45) is 0 Å². The number of hydrogen-bond acceptors (Lipinski definition) is 4. The Morgan fingerprint density at radius 2 is 1.64 bits per heavy atom. The maximum atomic E-state index is 5.91. The molecule has 0 bridgehead atoms. The fraction of sp³-hybridized carbons (Fsp3) is 0.0526. The third-order valence-corrected chi connectivity index (χ3v) is 4.07. The van der Waals surface area contributed by atoms with E-state index in [1.165, 1.54) is 6.33 Å². The molecule has 2 aromatic heterocycles. The van der Waals surface area contributed by atoms with Crippen molar-refractivity contribution >= 4 is 22.6 Å². The lowest BCUT2D eigenvalue weighted by molar-refractivity contribution is 0.415. The number of H-pyrrole nitrogens is 1. The molecule has 0 fully saturated rings. The van der Waals surface area contributed by atoms with Crippen LogP contribution < -0.4 is 9.47 Å². The maximum Gasteiger partial charge on any atom is 0.231 e. The molecule has 0 aliphatic heterocycles. The van der Waals surface area contributed by atoms with Crippen LogP contribution in [0.5, 0.6) is 17.4 Å². The summed E-state index contributed by atoms with van der Waals surface area (Å²) in [5.74, 6) is 1.96. The van der Waals surface area contributed by atoms with E-state index in [0.717, 1.165) is 22.4 Å². The molecule has 124 valence electrons. The van der Waals surface area contributed by atoms with E-state index in [1.807, 2.05) is 30.3 Å². The molecule has 2 heterocycles. The fourth-order valence-electron chi connectivity index (χ4n) is 2.54. The summed E-state index contributed by atoms with van der Waals surface area (Å²) in [6, 6.07) is 16.9. The van der Waals surface area contributed by atoms with Gasteiger partial charge in [-0.1, -0.05) is 11.6 Å². The lowest BCUT2D eigenvalue weighted by Gasteiger charge is -2.04. The van der Waals surface area contributed by atoms with Crippen molar-refractivity contribution in [1.82, 2.24) is 15.0 Å². The zero-order chi connectivity index (χ0) is 17.2. The molecular weight excluding hydrogens is 338 g/mol. The minimum Gasteiger partial charge on any atom is -0.497 e. The van der Waals surface area contributed by atoms with E-state index in [1.54, 1.807) is 31.4 Å². The highest BCUT2D eigenvalue weighted by Crippen LogP contribution is 2.31. The molecule has 1 N–H and O–H groups in total. The lowest BCUT2D eigenvalue weighted by atomic mass is 10.1. The second kappa shape index (κ2) is 6.45. The first-order chi connectivity index (χ1) is 12.2. The Bertz CT molecular complexity index is 1010. The minimum atomic E-state index is 0.489. The lowest BCUT2D eigenvalue weighted by Crippen LogP contribution is -1.89. The highest BCUT2D eigenvalue weighted by Gasteiger charge is 2.11. The first kappa shape index (κ1) is 15.5. The number of rotatable bonds is 4.